The van der Waals surface area contributed by atoms with E-state index in [4.69, 9.17) is 9.84 Å². The molecule has 0 aliphatic rings. The van der Waals surface area contributed by atoms with Gasteiger partial charge < -0.3 is 14.8 Å². The molecule has 0 aliphatic heterocycles. The number of fused-ring (bicyclic) bond motifs is 1. The molecule has 0 spiro atoms. The van der Waals surface area contributed by atoms with Gasteiger partial charge >= 0.3 is 0 Å². The fourth-order valence-electron chi connectivity index (χ4n) is 2.98. The number of H-pyrrole nitrogens is 1. The van der Waals surface area contributed by atoms with Gasteiger partial charge in [0.05, 0.1) is 38.2 Å². The Balaban J connectivity index is 1.68. The lowest BCUT2D eigenvalue weighted by molar-refractivity contribution is 0.102. The Bertz CT molecular complexity index is 1140. The van der Waals surface area contributed by atoms with E-state index in [0.717, 1.165) is 11.1 Å². The fourth-order valence-corrected chi connectivity index (χ4v) is 2.98. The second-order valence-corrected chi connectivity index (χ2v) is 6.20. The Morgan fingerprint density at radius 1 is 1.29 bits per heavy atom. The van der Waals surface area contributed by atoms with Crippen molar-refractivity contribution in [2.45, 2.75) is 6.54 Å². The summed E-state index contributed by atoms with van der Waals surface area (Å²) in [4.78, 5) is 20.1. The van der Waals surface area contributed by atoms with Crippen LogP contribution in [0, 0.1) is 0 Å². The number of nitrogens with zero attached hydrogens (tertiary/aromatic N) is 5. The highest BCUT2D eigenvalue weighted by Gasteiger charge is 2.17. The molecule has 10 heteroatoms. The lowest BCUT2D eigenvalue weighted by Crippen LogP contribution is -2.12. The third kappa shape index (κ3) is 3.21. The molecule has 1 aromatic carbocycles. The molecule has 0 atom stereocenters. The molecule has 0 fully saturated rings. The summed E-state index contributed by atoms with van der Waals surface area (Å²) in [5.74, 6) is 0.557. The highest BCUT2D eigenvalue weighted by atomic mass is 16.5. The van der Waals surface area contributed by atoms with Crippen molar-refractivity contribution >= 4 is 22.9 Å². The molecule has 0 unspecified atom stereocenters. The summed E-state index contributed by atoms with van der Waals surface area (Å²) in [6.07, 6.45) is 6.65. The molecular weight excluding hydrogens is 362 g/mol. The highest BCUT2D eigenvalue weighted by molar-refractivity contribution is 6.04. The number of rotatable bonds is 6. The monoisotopic (exact) mass is 381 g/mol. The maximum absolute atomic E-state index is 12.5. The normalized spacial score (nSPS) is 11.1. The number of nitrogens with one attached hydrogen (secondary N) is 2. The van der Waals surface area contributed by atoms with Gasteiger partial charge in [-0.05, 0) is 12.1 Å². The minimum atomic E-state index is -0.356. The van der Waals surface area contributed by atoms with E-state index in [2.05, 4.69) is 25.5 Å². The second-order valence-electron chi connectivity index (χ2n) is 6.20. The van der Waals surface area contributed by atoms with Crippen molar-refractivity contribution in [3.8, 4) is 16.9 Å². The number of hydrogen-bond donors (Lipinski definition) is 3. The molecule has 28 heavy (non-hydrogen) atoms. The smallest absolute Gasteiger partial charge is 0.261 e. The first-order valence-corrected chi connectivity index (χ1v) is 8.59. The lowest BCUT2D eigenvalue weighted by atomic mass is 10.1. The van der Waals surface area contributed by atoms with E-state index in [9.17, 15) is 4.79 Å². The molecule has 4 rings (SSSR count). The highest BCUT2D eigenvalue weighted by Crippen LogP contribution is 2.33. The summed E-state index contributed by atoms with van der Waals surface area (Å²) >= 11 is 0. The van der Waals surface area contributed by atoms with E-state index in [1.54, 1.807) is 24.2 Å². The van der Waals surface area contributed by atoms with Gasteiger partial charge in [-0.1, -0.05) is 0 Å². The quantitative estimate of drug-likeness (QED) is 0.464. The summed E-state index contributed by atoms with van der Waals surface area (Å²) in [5.41, 5.74) is 3.49. The maximum Gasteiger partial charge on any atom is 0.261 e. The zero-order valence-corrected chi connectivity index (χ0v) is 15.4. The average Bonchev–Trinajstić information content (AvgIpc) is 3.40. The Hall–Kier alpha value is -3.66. The van der Waals surface area contributed by atoms with Crippen molar-refractivity contribution in [1.29, 1.82) is 0 Å². The van der Waals surface area contributed by atoms with Crippen molar-refractivity contribution in [1.82, 2.24) is 29.5 Å². The van der Waals surface area contributed by atoms with Crippen LogP contribution in [0.2, 0.25) is 0 Å². The molecule has 3 aromatic heterocycles. The van der Waals surface area contributed by atoms with Crippen LogP contribution in [0.1, 0.15) is 10.4 Å². The molecule has 0 saturated carbocycles. The van der Waals surface area contributed by atoms with Gasteiger partial charge in [0.2, 0.25) is 5.95 Å². The molecule has 3 heterocycles. The van der Waals surface area contributed by atoms with Gasteiger partial charge in [-0.15, -0.1) is 0 Å². The van der Waals surface area contributed by atoms with Crippen molar-refractivity contribution in [3.05, 3.63) is 42.5 Å². The predicted octanol–water partition coefficient (Wildman–Crippen LogP) is 1.41. The number of imidazole rings is 1. The summed E-state index contributed by atoms with van der Waals surface area (Å²) < 4.78 is 8.63. The number of methoxy groups -OCH3 is 1. The predicted molar refractivity (Wildman–Crippen MR) is 102 cm³/mol. The van der Waals surface area contributed by atoms with Crippen LogP contribution in [-0.4, -0.2) is 54.3 Å². The van der Waals surface area contributed by atoms with Crippen molar-refractivity contribution in [2.75, 3.05) is 19.0 Å². The number of aromatic amines is 1. The van der Waals surface area contributed by atoms with E-state index in [0.29, 0.717) is 34.8 Å². The van der Waals surface area contributed by atoms with Crippen LogP contribution in [-0.2, 0) is 13.6 Å². The number of aryl methyl sites for hydroxylation is 1. The molecule has 3 N–H and O–H groups in total. The number of aliphatic hydroxyl groups excluding tert-OH is 1. The summed E-state index contributed by atoms with van der Waals surface area (Å²) in [6, 6.07) is 3.75. The van der Waals surface area contributed by atoms with Crippen LogP contribution in [0.3, 0.4) is 0 Å². The summed E-state index contributed by atoms with van der Waals surface area (Å²) in [6.45, 7) is 0.271. The molecule has 10 nitrogen and oxygen atoms in total. The van der Waals surface area contributed by atoms with Gasteiger partial charge in [0.15, 0.2) is 0 Å². The third-order valence-corrected chi connectivity index (χ3v) is 4.30. The SMILES string of the molecule is COc1ccc(-c2cnn(C)c2)c2nc(NC(=O)c3cnn(CCO)c3)[nH]c12. The molecular formula is C18H19N7O3. The van der Waals surface area contributed by atoms with Crippen LogP contribution in [0.5, 0.6) is 5.75 Å². The van der Waals surface area contributed by atoms with Crippen molar-refractivity contribution < 1.29 is 14.6 Å². The fraction of sp³-hybridized carbons (Fsp3) is 0.222. The number of ether oxygens (including phenoxy) is 1. The Kier molecular flexibility index (Phi) is 4.53. The second kappa shape index (κ2) is 7.16. The standard InChI is InChI=1S/C18H19N7O3/c1-24-9-11(7-19-24)13-3-4-14(28-2)16-15(13)21-18(22-16)23-17(27)12-8-20-25(10-12)5-6-26/h3-4,7-10,26H,5-6H2,1-2H3,(H2,21,22,23,27). The van der Waals surface area contributed by atoms with Crippen LogP contribution in [0.25, 0.3) is 22.2 Å². The van der Waals surface area contributed by atoms with Crippen molar-refractivity contribution in [2.24, 2.45) is 7.05 Å². The van der Waals surface area contributed by atoms with Gasteiger partial charge in [-0.25, -0.2) is 4.98 Å². The zero-order valence-electron chi connectivity index (χ0n) is 15.4. The van der Waals surface area contributed by atoms with E-state index >= 15 is 0 Å². The minimum Gasteiger partial charge on any atom is -0.494 e. The van der Waals surface area contributed by atoms with E-state index < -0.39 is 0 Å². The number of carbonyl (C=O) groups is 1. The number of amides is 1. The zero-order chi connectivity index (χ0) is 19.7. The molecule has 0 bridgehead atoms. The van der Waals surface area contributed by atoms with Crippen LogP contribution >= 0.6 is 0 Å². The number of aromatic nitrogens is 6. The first-order chi connectivity index (χ1) is 13.6. The lowest BCUT2D eigenvalue weighted by Gasteiger charge is -2.04. The van der Waals surface area contributed by atoms with Gasteiger partial charge in [-0.3, -0.25) is 19.5 Å². The largest absolute Gasteiger partial charge is 0.494 e. The van der Waals surface area contributed by atoms with Gasteiger partial charge in [0.1, 0.15) is 16.8 Å². The Labute approximate surface area is 159 Å². The third-order valence-electron chi connectivity index (χ3n) is 4.30. The average molecular weight is 381 g/mol. The van der Waals surface area contributed by atoms with Crippen LogP contribution in [0.4, 0.5) is 5.95 Å². The number of hydrogen-bond acceptors (Lipinski definition) is 6. The van der Waals surface area contributed by atoms with Crippen molar-refractivity contribution in [3.63, 3.8) is 0 Å². The first-order valence-electron chi connectivity index (χ1n) is 8.59. The molecule has 4 aromatic rings. The Morgan fingerprint density at radius 2 is 2.14 bits per heavy atom. The topological polar surface area (TPSA) is 123 Å². The molecule has 144 valence electrons. The molecule has 0 radical (unpaired) electrons. The molecule has 1 amide bonds. The van der Waals surface area contributed by atoms with Gasteiger partial charge in [0, 0.05) is 30.6 Å². The summed E-state index contributed by atoms with van der Waals surface area (Å²) in [5, 5.41) is 19.9. The summed E-state index contributed by atoms with van der Waals surface area (Å²) in [7, 11) is 3.42. The van der Waals surface area contributed by atoms with Crippen LogP contribution < -0.4 is 10.1 Å². The number of benzene rings is 1. The van der Waals surface area contributed by atoms with Crippen LogP contribution in [0.15, 0.2) is 36.9 Å². The number of aliphatic hydroxyl groups is 1. The maximum atomic E-state index is 12.5. The molecule has 0 saturated heterocycles. The number of carbonyl (C=O) groups excluding carboxylic acids is 1. The Morgan fingerprint density at radius 3 is 2.86 bits per heavy atom. The van der Waals surface area contributed by atoms with Gasteiger partial charge in [0.25, 0.3) is 5.91 Å². The molecule has 0 aliphatic carbocycles. The van der Waals surface area contributed by atoms with Gasteiger partial charge in [-0.2, -0.15) is 10.2 Å². The van der Waals surface area contributed by atoms with E-state index in [-0.39, 0.29) is 12.5 Å². The van der Waals surface area contributed by atoms with E-state index in [1.807, 2.05) is 25.4 Å². The number of anilines is 1. The first kappa shape index (κ1) is 17.7. The van der Waals surface area contributed by atoms with E-state index in [1.165, 1.54) is 10.9 Å². The minimum absolute atomic E-state index is 0.0524.